The Morgan fingerprint density at radius 3 is 1.32 bits per heavy atom. The van der Waals surface area contributed by atoms with Crippen molar-refractivity contribution in [1.82, 2.24) is 0 Å². The maximum atomic E-state index is 5.81. The van der Waals surface area contributed by atoms with E-state index in [2.05, 4.69) is 10.2 Å². The van der Waals surface area contributed by atoms with Gasteiger partial charge in [0, 0.05) is 22.5 Å². The van der Waals surface area contributed by atoms with E-state index in [0.717, 1.165) is 21.2 Å². The Kier molecular flexibility index (Phi) is 6.62. The van der Waals surface area contributed by atoms with Crippen molar-refractivity contribution in [2.45, 2.75) is 0 Å². The largest absolute Gasteiger partial charge is 0.159 e. The summed E-state index contributed by atoms with van der Waals surface area (Å²) < 4.78 is 0. The lowest BCUT2D eigenvalue weighted by Crippen LogP contribution is -1.72. The molecule has 0 aliphatic rings. The molecule has 110 valence electrons. The SMILES string of the molecule is Clc1ccc(/C=C/C=N/N=C/C=C/c2ccc(Cl)cc2)cc1. The number of benzene rings is 2. The fraction of sp³-hybridized carbons (Fsp3) is 0. The minimum atomic E-state index is 0.725. The van der Waals surface area contributed by atoms with Gasteiger partial charge in [-0.25, -0.2) is 0 Å². The van der Waals surface area contributed by atoms with Crippen molar-refractivity contribution in [1.29, 1.82) is 0 Å². The second-order valence-electron chi connectivity index (χ2n) is 4.35. The number of hydrogen-bond acceptors (Lipinski definition) is 2. The molecular weight excluding hydrogens is 315 g/mol. The molecule has 2 nitrogen and oxygen atoms in total. The molecule has 0 unspecified atom stereocenters. The summed E-state index contributed by atoms with van der Waals surface area (Å²) in [5.74, 6) is 0. The highest BCUT2D eigenvalue weighted by molar-refractivity contribution is 6.30. The van der Waals surface area contributed by atoms with Crippen LogP contribution in [-0.4, -0.2) is 12.4 Å². The summed E-state index contributed by atoms with van der Waals surface area (Å²) in [6.07, 6.45) is 10.8. The van der Waals surface area contributed by atoms with E-state index in [1.54, 1.807) is 12.4 Å². The molecule has 0 bridgehead atoms. The van der Waals surface area contributed by atoms with Crippen LogP contribution in [0.4, 0.5) is 0 Å². The zero-order chi connectivity index (χ0) is 15.6. The molecule has 4 heteroatoms. The Hall–Kier alpha value is -2.16. The maximum Gasteiger partial charge on any atom is 0.0495 e. The Labute approximate surface area is 140 Å². The van der Waals surface area contributed by atoms with Gasteiger partial charge in [-0.05, 0) is 47.5 Å². The van der Waals surface area contributed by atoms with Crippen LogP contribution >= 0.6 is 23.2 Å². The lowest BCUT2D eigenvalue weighted by atomic mass is 10.2. The highest BCUT2D eigenvalue weighted by atomic mass is 35.5. The second kappa shape index (κ2) is 8.98. The van der Waals surface area contributed by atoms with E-state index >= 15 is 0 Å². The summed E-state index contributed by atoms with van der Waals surface area (Å²) in [5, 5.41) is 9.27. The third kappa shape index (κ3) is 6.08. The van der Waals surface area contributed by atoms with Gasteiger partial charge in [0.25, 0.3) is 0 Å². The standard InChI is InChI=1S/C18H14Cl2N2/c19-17-9-5-15(6-10-17)3-1-13-21-22-14-2-4-16-7-11-18(20)12-8-16/h1-14H/b3-1+,4-2+,21-13+,22-14+. The highest BCUT2D eigenvalue weighted by Crippen LogP contribution is 2.11. The third-order valence-electron chi connectivity index (χ3n) is 2.69. The molecule has 0 aliphatic carbocycles. The topological polar surface area (TPSA) is 24.7 Å². The molecule has 0 aliphatic heterocycles. The van der Waals surface area contributed by atoms with Gasteiger partial charge in [0.1, 0.15) is 0 Å². The van der Waals surface area contributed by atoms with Gasteiger partial charge in [-0.2, -0.15) is 10.2 Å². The lowest BCUT2D eigenvalue weighted by molar-refractivity contribution is 1.27. The number of allylic oxidation sites excluding steroid dienone is 2. The molecular formula is C18H14Cl2N2. The van der Waals surface area contributed by atoms with Crippen molar-refractivity contribution in [2.75, 3.05) is 0 Å². The number of hydrogen-bond donors (Lipinski definition) is 0. The average molecular weight is 329 g/mol. The van der Waals surface area contributed by atoms with Crippen LogP contribution in [0, 0.1) is 0 Å². The van der Waals surface area contributed by atoms with Crippen molar-refractivity contribution >= 4 is 47.8 Å². The first kappa shape index (κ1) is 16.2. The molecule has 0 atom stereocenters. The number of rotatable bonds is 5. The van der Waals surface area contributed by atoms with E-state index in [-0.39, 0.29) is 0 Å². The first-order chi connectivity index (χ1) is 10.7. The zero-order valence-corrected chi connectivity index (χ0v) is 13.2. The molecule has 0 N–H and O–H groups in total. The van der Waals surface area contributed by atoms with E-state index in [9.17, 15) is 0 Å². The smallest absolute Gasteiger partial charge is 0.0495 e. The fourth-order valence-electron chi connectivity index (χ4n) is 1.61. The van der Waals surface area contributed by atoms with Crippen LogP contribution in [0.1, 0.15) is 11.1 Å². The van der Waals surface area contributed by atoms with Crippen LogP contribution < -0.4 is 0 Å². The first-order valence-electron chi connectivity index (χ1n) is 6.65. The summed E-state index contributed by atoms with van der Waals surface area (Å²) in [5.41, 5.74) is 2.12. The van der Waals surface area contributed by atoms with E-state index in [1.807, 2.05) is 72.8 Å². The normalized spacial score (nSPS) is 12.3. The van der Waals surface area contributed by atoms with Gasteiger partial charge in [0.05, 0.1) is 0 Å². The van der Waals surface area contributed by atoms with E-state index in [1.165, 1.54) is 0 Å². The molecule has 0 heterocycles. The predicted octanol–water partition coefficient (Wildman–Crippen LogP) is 5.78. The number of nitrogens with zero attached hydrogens (tertiary/aromatic N) is 2. The molecule has 0 saturated heterocycles. The molecule has 2 aromatic carbocycles. The van der Waals surface area contributed by atoms with Gasteiger partial charge in [-0.1, -0.05) is 59.6 Å². The average Bonchev–Trinajstić information content (AvgIpc) is 2.53. The van der Waals surface area contributed by atoms with Gasteiger partial charge >= 0.3 is 0 Å². The summed E-state index contributed by atoms with van der Waals surface area (Å²) in [6.45, 7) is 0. The quantitative estimate of drug-likeness (QED) is 0.491. The van der Waals surface area contributed by atoms with Gasteiger partial charge in [0.15, 0.2) is 0 Å². The van der Waals surface area contributed by atoms with Crippen molar-refractivity contribution in [2.24, 2.45) is 10.2 Å². The summed E-state index contributed by atoms with van der Waals surface area (Å²) in [7, 11) is 0. The van der Waals surface area contributed by atoms with Crippen LogP contribution in [0.25, 0.3) is 12.2 Å². The summed E-state index contributed by atoms with van der Waals surface area (Å²) in [4.78, 5) is 0. The zero-order valence-electron chi connectivity index (χ0n) is 11.7. The summed E-state index contributed by atoms with van der Waals surface area (Å²) in [6, 6.07) is 15.1. The highest BCUT2D eigenvalue weighted by Gasteiger charge is 1.86. The van der Waals surface area contributed by atoms with Gasteiger partial charge in [-0.15, -0.1) is 0 Å². The van der Waals surface area contributed by atoms with Crippen LogP contribution in [0.2, 0.25) is 10.0 Å². The molecule has 22 heavy (non-hydrogen) atoms. The number of halogens is 2. The van der Waals surface area contributed by atoms with E-state index in [0.29, 0.717) is 0 Å². The Morgan fingerprint density at radius 2 is 0.955 bits per heavy atom. The lowest BCUT2D eigenvalue weighted by Gasteiger charge is -1.91. The Morgan fingerprint density at radius 1 is 0.591 bits per heavy atom. The van der Waals surface area contributed by atoms with E-state index < -0.39 is 0 Å². The van der Waals surface area contributed by atoms with E-state index in [4.69, 9.17) is 23.2 Å². The van der Waals surface area contributed by atoms with Crippen molar-refractivity contribution in [3.63, 3.8) is 0 Å². The minimum Gasteiger partial charge on any atom is -0.159 e. The molecule has 0 spiro atoms. The monoisotopic (exact) mass is 328 g/mol. The first-order valence-corrected chi connectivity index (χ1v) is 7.40. The van der Waals surface area contributed by atoms with Gasteiger partial charge in [0.2, 0.25) is 0 Å². The molecule has 2 aromatic rings. The van der Waals surface area contributed by atoms with Crippen LogP contribution in [0.15, 0.2) is 70.9 Å². The maximum absolute atomic E-state index is 5.81. The summed E-state index contributed by atoms with van der Waals surface area (Å²) >= 11 is 11.6. The Bertz CT molecular complexity index is 633. The molecule has 0 saturated carbocycles. The Balaban J connectivity index is 1.79. The van der Waals surface area contributed by atoms with Gasteiger partial charge in [-0.3, -0.25) is 0 Å². The second-order valence-corrected chi connectivity index (χ2v) is 5.22. The van der Waals surface area contributed by atoms with Gasteiger partial charge < -0.3 is 0 Å². The molecule has 0 radical (unpaired) electrons. The van der Waals surface area contributed by atoms with Crippen molar-refractivity contribution in [3.05, 3.63) is 81.9 Å². The van der Waals surface area contributed by atoms with Crippen molar-refractivity contribution in [3.8, 4) is 0 Å². The molecule has 0 fully saturated rings. The molecule has 0 amide bonds. The van der Waals surface area contributed by atoms with Crippen LogP contribution in [0.5, 0.6) is 0 Å². The third-order valence-corrected chi connectivity index (χ3v) is 3.19. The fourth-order valence-corrected chi connectivity index (χ4v) is 1.86. The minimum absolute atomic E-state index is 0.725. The molecule has 2 rings (SSSR count). The van der Waals surface area contributed by atoms with Crippen LogP contribution in [0.3, 0.4) is 0 Å². The molecule has 0 aromatic heterocycles. The van der Waals surface area contributed by atoms with Crippen LogP contribution in [-0.2, 0) is 0 Å². The predicted molar refractivity (Wildman–Crippen MR) is 98.0 cm³/mol. The van der Waals surface area contributed by atoms with Crippen molar-refractivity contribution < 1.29 is 0 Å².